The Balaban J connectivity index is 1.93. The number of aromatic nitrogens is 1. The quantitative estimate of drug-likeness (QED) is 0.644. The number of aliphatic hydroxyl groups is 1. The van der Waals surface area contributed by atoms with Gasteiger partial charge in [0.15, 0.2) is 0 Å². The molecule has 2 amide bonds. The van der Waals surface area contributed by atoms with Crippen LogP contribution in [0, 0.1) is 23.7 Å². The smallest absolute Gasteiger partial charge is 0.259 e. The number of nitrogens with zero attached hydrogens (tertiary/aromatic N) is 3. The van der Waals surface area contributed by atoms with Gasteiger partial charge in [-0.2, -0.15) is 0 Å². The molecule has 7 heteroatoms. The van der Waals surface area contributed by atoms with Crippen LogP contribution < -0.4 is 4.74 Å². The van der Waals surface area contributed by atoms with Gasteiger partial charge in [0.2, 0.25) is 5.88 Å². The maximum atomic E-state index is 13.5. The molecule has 1 aliphatic rings. The Morgan fingerprint density at radius 3 is 2.66 bits per heavy atom. The Labute approximate surface area is 208 Å². The molecule has 186 valence electrons. The van der Waals surface area contributed by atoms with E-state index in [1.54, 1.807) is 41.2 Å². The number of ether oxygens (including phenoxy) is 1. The molecule has 1 aliphatic heterocycles. The summed E-state index contributed by atoms with van der Waals surface area (Å²) in [4.78, 5) is 34.1. The van der Waals surface area contributed by atoms with E-state index in [2.05, 4.69) is 30.7 Å². The number of carbonyl (C=O) groups excluding carboxylic acids is 2. The zero-order valence-corrected chi connectivity index (χ0v) is 21.2. The van der Waals surface area contributed by atoms with Gasteiger partial charge >= 0.3 is 0 Å². The molecule has 0 saturated heterocycles. The summed E-state index contributed by atoms with van der Waals surface area (Å²) in [5.74, 6) is 6.41. The second-order valence-corrected chi connectivity index (χ2v) is 9.65. The average molecular weight is 478 g/mol. The average Bonchev–Trinajstić information content (AvgIpc) is 2.85. The monoisotopic (exact) mass is 477 g/mol. The molecule has 0 saturated carbocycles. The van der Waals surface area contributed by atoms with Gasteiger partial charge in [-0.15, -0.1) is 0 Å². The van der Waals surface area contributed by atoms with Crippen LogP contribution in [0.5, 0.6) is 5.88 Å². The Morgan fingerprint density at radius 2 is 2.00 bits per heavy atom. The van der Waals surface area contributed by atoms with Crippen LogP contribution in [0.3, 0.4) is 0 Å². The summed E-state index contributed by atoms with van der Waals surface area (Å²) in [5.41, 5.74) is 1.55. The van der Waals surface area contributed by atoms with Crippen LogP contribution in [0.4, 0.5) is 0 Å². The lowest BCUT2D eigenvalue weighted by Gasteiger charge is -2.37. The molecule has 35 heavy (non-hydrogen) atoms. The topological polar surface area (TPSA) is 83.0 Å². The van der Waals surface area contributed by atoms with E-state index in [4.69, 9.17) is 4.74 Å². The number of aliphatic hydroxyl groups excluding tert-OH is 1. The van der Waals surface area contributed by atoms with Crippen molar-refractivity contribution in [1.82, 2.24) is 14.8 Å². The molecule has 1 N–H and O–H groups in total. The lowest BCUT2D eigenvalue weighted by Crippen LogP contribution is -2.50. The van der Waals surface area contributed by atoms with E-state index in [9.17, 15) is 14.7 Å². The molecule has 0 unspecified atom stereocenters. The number of fused-ring (bicyclic) bond motifs is 1. The van der Waals surface area contributed by atoms with Crippen molar-refractivity contribution < 1.29 is 19.4 Å². The maximum Gasteiger partial charge on any atom is 0.259 e. The fraction of sp³-hybridized carbons (Fsp3) is 0.464. The third-order valence-corrected chi connectivity index (χ3v) is 6.09. The van der Waals surface area contributed by atoms with E-state index < -0.39 is 6.10 Å². The summed E-state index contributed by atoms with van der Waals surface area (Å²) < 4.78 is 6.27. The Hall–Kier alpha value is -3.37. The minimum atomic E-state index is -0.404. The minimum Gasteiger partial charge on any atom is -0.472 e. The maximum absolute atomic E-state index is 13.5. The van der Waals surface area contributed by atoms with Gasteiger partial charge < -0.3 is 19.6 Å². The largest absolute Gasteiger partial charge is 0.472 e. The van der Waals surface area contributed by atoms with Gasteiger partial charge in [0, 0.05) is 43.3 Å². The molecule has 3 atom stereocenters. The van der Waals surface area contributed by atoms with Crippen molar-refractivity contribution in [1.29, 1.82) is 0 Å². The van der Waals surface area contributed by atoms with Crippen molar-refractivity contribution >= 4 is 11.8 Å². The first kappa shape index (κ1) is 26.2. The van der Waals surface area contributed by atoms with Crippen molar-refractivity contribution in [2.45, 2.75) is 46.3 Å². The number of likely N-dealkylation sites (N-methyl/N-ethyl adjacent to an activating group) is 1. The fourth-order valence-electron chi connectivity index (χ4n) is 3.90. The van der Waals surface area contributed by atoms with E-state index in [0.717, 1.165) is 6.42 Å². The molecule has 2 heterocycles. The van der Waals surface area contributed by atoms with E-state index >= 15 is 0 Å². The number of hydrogen-bond donors (Lipinski definition) is 1. The summed E-state index contributed by atoms with van der Waals surface area (Å²) in [7, 11) is 1.74. The third-order valence-electron chi connectivity index (χ3n) is 6.09. The van der Waals surface area contributed by atoms with E-state index in [1.807, 2.05) is 32.0 Å². The first-order valence-corrected chi connectivity index (χ1v) is 12.1. The van der Waals surface area contributed by atoms with Gasteiger partial charge in [-0.25, -0.2) is 4.98 Å². The number of rotatable bonds is 6. The number of amides is 2. The van der Waals surface area contributed by atoms with Crippen LogP contribution in [-0.2, 0) is 0 Å². The minimum absolute atomic E-state index is 0.107. The molecule has 7 nitrogen and oxygen atoms in total. The van der Waals surface area contributed by atoms with Crippen LogP contribution in [-0.4, -0.2) is 70.6 Å². The lowest BCUT2D eigenvalue weighted by atomic mass is 9.99. The van der Waals surface area contributed by atoms with Crippen LogP contribution in [0.2, 0.25) is 0 Å². The molecule has 1 aromatic heterocycles. The fourth-order valence-corrected chi connectivity index (χ4v) is 3.90. The summed E-state index contributed by atoms with van der Waals surface area (Å²) in [6, 6.07) is 10.4. The van der Waals surface area contributed by atoms with Crippen molar-refractivity contribution in [2.24, 2.45) is 11.8 Å². The first-order valence-electron chi connectivity index (χ1n) is 12.1. The highest BCUT2D eigenvalue weighted by molar-refractivity contribution is 5.97. The summed E-state index contributed by atoms with van der Waals surface area (Å²) in [5, 5.41) is 9.82. The lowest BCUT2D eigenvalue weighted by molar-refractivity contribution is 0.0313. The Bertz CT molecular complexity index is 1090. The molecule has 0 aliphatic carbocycles. The molecule has 0 bridgehead atoms. The Kier molecular flexibility index (Phi) is 8.89. The summed E-state index contributed by atoms with van der Waals surface area (Å²) in [6.45, 7) is 8.52. The number of carbonyl (C=O) groups is 2. The van der Waals surface area contributed by atoms with E-state index in [-0.39, 0.29) is 36.3 Å². The second kappa shape index (κ2) is 11.9. The van der Waals surface area contributed by atoms with Gasteiger partial charge in [-0.3, -0.25) is 9.59 Å². The molecule has 1 aromatic carbocycles. The standard InChI is InChI=1S/C28H35N3O4/c1-19(2)10-9-11-22-14-24-26(29-15-22)35-25(20(3)16-31(28(24)34)21(4)18-32)17-30(5)27(33)23-12-7-6-8-13-23/h6-8,12-15,19-21,25,32H,10,16-18H2,1-5H3/t20-,21-,25+/m0/s1. The molecule has 0 fully saturated rings. The number of pyridine rings is 1. The third kappa shape index (κ3) is 6.61. The Morgan fingerprint density at radius 1 is 1.29 bits per heavy atom. The van der Waals surface area contributed by atoms with Gasteiger partial charge in [0.1, 0.15) is 11.7 Å². The van der Waals surface area contributed by atoms with Gasteiger partial charge in [-0.1, -0.05) is 50.8 Å². The van der Waals surface area contributed by atoms with Crippen molar-refractivity contribution in [2.75, 3.05) is 26.7 Å². The van der Waals surface area contributed by atoms with E-state index in [1.165, 1.54) is 0 Å². The van der Waals surface area contributed by atoms with Crippen molar-refractivity contribution in [3.63, 3.8) is 0 Å². The molecule has 0 radical (unpaired) electrons. The normalized spacial score (nSPS) is 18.5. The van der Waals surface area contributed by atoms with E-state index in [0.29, 0.717) is 35.7 Å². The highest BCUT2D eigenvalue weighted by Gasteiger charge is 2.34. The summed E-state index contributed by atoms with van der Waals surface area (Å²) in [6.07, 6.45) is 1.95. The number of hydrogen-bond acceptors (Lipinski definition) is 5. The zero-order valence-electron chi connectivity index (χ0n) is 21.2. The molecule has 2 aromatic rings. The SMILES string of the molecule is CC(C)CC#Cc1cnc2c(c1)C(=O)N([C@@H](C)CO)C[C@H](C)[C@@H](CN(C)C(=O)c1ccccc1)O2. The molecule has 0 spiro atoms. The van der Waals surface area contributed by atoms with Crippen LogP contribution >= 0.6 is 0 Å². The van der Waals surface area contributed by atoms with Gasteiger partial charge in [-0.05, 0) is 31.0 Å². The predicted molar refractivity (Wildman–Crippen MR) is 135 cm³/mol. The van der Waals surface area contributed by atoms with Crippen LogP contribution in [0.15, 0.2) is 42.6 Å². The first-order chi connectivity index (χ1) is 16.7. The second-order valence-electron chi connectivity index (χ2n) is 9.65. The highest BCUT2D eigenvalue weighted by atomic mass is 16.5. The van der Waals surface area contributed by atoms with Crippen LogP contribution in [0.25, 0.3) is 0 Å². The molecular weight excluding hydrogens is 442 g/mol. The summed E-state index contributed by atoms with van der Waals surface area (Å²) >= 11 is 0. The van der Waals surface area contributed by atoms with Gasteiger partial charge in [0.05, 0.1) is 19.2 Å². The van der Waals surface area contributed by atoms with Crippen molar-refractivity contribution in [3.05, 3.63) is 59.3 Å². The molecule has 3 rings (SSSR count). The van der Waals surface area contributed by atoms with Gasteiger partial charge in [0.25, 0.3) is 11.8 Å². The van der Waals surface area contributed by atoms with Crippen LogP contribution in [0.1, 0.15) is 60.4 Å². The zero-order chi connectivity index (χ0) is 25.5. The number of benzene rings is 1. The predicted octanol–water partition coefficient (Wildman–Crippen LogP) is 3.47. The molecular formula is C28H35N3O4. The van der Waals surface area contributed by atoms with Crippen molar-refractivity contribution in [3.8, 4) is 17.7 Å². The highest BCUT2D eigenvalue weighted by Crippen LogP contribution is 2.27.